The topological polar surface area (TPSA) is 33.0 Å². The molecule has 0 heterocycles. The monoisotopic (exact) mass is 296 g/mol. The molecule has 0 saturated carbocycles. The van der Waals surface area contributed by atoms with Gasteiger partial charge in [0, 0.05) is 0 Å². The molecule has 1 radical (unpaired) electrons. The molecule has 0 aliphatic carbocycles. The van der Waals surface area contributed by atoms with Crippen LogP contribution in [0, 0.1) is 17.4 Å². The second-order valence-corrected chi connectivity index (χ2v) is 4.19. The van der Waals surface area contributed by atoms with Gasteiger partial charge < -0.3 is 4.74 Å². The Balaban J connectivity index is 2.45. The lowest BCUT2D eigenvalue weighted by molar-refractivity contribution is -0.137. The molecule has 101 valence electrons. The van der Waals surface area contributed by atoms with Crippen LogP contribution in [-0.4, -0.2) is 0 Å². The molecule has 0 spiro atoms. The quantitative estimate of drug-likeness (QED) is 0.795. The molecule has 0 unspecified atom stereocenters. The Kier molecular flexibility index (Phi) is 3.86. The van der Waals surface area contributed by atoms with E-state index in [1.165, 1.54) is 18.2 Å². The molecule has 0 amide bonds. The number of nitrogens with zero attached hydrogens (tertiary/aromatic N) is 1. The van der Waals surface area contributed by atoms with E-state index < -0.39 is 11.7 Å². The fraction of sp³-hybridized carbons (Fsp3) is 0.0714. The molecule has 2 rings (SSSR count). The Morgan fingerprint density at radius 3 is 2.55 bits per heavy atom. The molecule has 2 aromatic rings. The molecule has 0 aliphatic heterocycles. The van der Waals surface area contributed by atoms with E-state index in [2.05, 4.69) is 6.07 Å². The summed E-state index contributed by atoms with van der Waals surface area (Å²) in [6.45, 7) is 0. The van der Waals surface area contributed by atoms with Gasteiger partial charge in [-0.2, -0.15) is 18.4 Å². The van der Waals surface area contributed by atoms with Crippen LogP contribution >= 0.6 is 11.6 Å². The SMILES string of the molecule is N#Cc1ccc(C(F)(F)F)cc1Oc1c[c]ccc1Cl. The van der Waals surface area contributed by atoms with Gasteiger partial charge in [-0.05, 0) is 36.4 Å². The van der Waals surface area contributed by atoms with Gasteiger partial charge in [0.15, 0.2) is 0 Å². The predicted molar refractivity (Wildman–Crippen MR) is 66.5 cm³/mol. The Morgan fingerprint density at radius 1 is 1.20 bits per heavy atom. The van der Waals surface area contributed by atoms with Crippen LogP contribution < -0.4 is 4.74 Å². The summed E-state index contributed by atoms with van der Waals surface area (Å²) in [6, 6.07) is 11.5. The average Bonchev–Trinajstić information content (AvgIpc) is 2.40. The largest absolute Gasteiger partial charge is 0.454 e. The van der Waals surface area contributed by atoms with Gasteiger partial charge >= 0.3 is 6.18 Å². The van der Waals surface area contributed by atoms with Gasteiger partial charge in [0.25, 0.3) is 0 Å². The van der Waals surface area contributed by atoms with Crippen molar-refractivity contribution < 1.29 is 17.9 Å². The van der Waals surface area contributed by atoms with Crippen molar-refractivity contribution in [2.45, 2.75) is 6.18 Å². The third-order valence-corrected chi connectivity index (χ3v) is 2.74. The highest BCUT2D eigenvalue weighted by Crippen LogP contribution is 2.36. The summed E-state index contributed by atoms with van der Waals surface area (Å²) in [6.07, 6.45) is -4.52. The number of rotatable bonds is 2. The van der Waals surface area contributed by atoms with E-state index in [-0.39, 0.29) is 22.1 Å². The first-order chi connectivity index (χ1) is 9.41. The van der Waals surface area contributed by atoms with E-state index >= 15 is 0 Å². The van der Waals surface area contributed by atoms with Gasteiger partial charge in [0.1, 0.15) is 17.6 Å². The van der Waals surface area contributed by atoms with Crippen molar-refractivity contribution in [3.8, 4) is 17.6 Å². The maximum atomic E-state index is 12.7. The van der Waals surface area contributed by atoms with Crippen LogP contribution in [0.3, 0.4) is 0 Å². The standard InChI is InChI=1S/C14H6ClF3NO/c15-11-3-1-2-4-12(11)20-13-7-10(14(16,17)18)6-5-9(13)8-19/h1,3-7H. The van der Waals surface area contributed by atoms with Crippen LogP contribution in [0.5, 0.6) is 11.5 Å². The highest BCUT2D eigenvalue weighted by Gasteiger charge is 2.31. The summed E-state index contributed by atoms with van der Waals surface area (Å²) >= 11 is 5.85. The van der Waals surface area contributed by atoms with Crippen molar-refractivity contribution in [2.24, 2.45) is 0 Å². The second kappa shape index (κ2) is 5.43. The summed E-state index contributed by atoms with van der Waals surface area (Å²) in [5, 5.41) is 9.12. The molecule has 2 nitrogen and oxygen atoms in total. The van der Waals surface area contributed by atoms with E-state index in [0.29, 0.717) is 0 Å². The average molecular weight is 297 g/mol. The van der Waals surface area contributed by atoms with Gasteiger partial charge in [-0.3, -0.25) is 0 Å². The van der Waals surface area contributed by atoms with Gasteiger partial charge in [-0.1, -0.05) is 17.7 Å². The maximum absolute atomic E-state index is 12.7. The highest BCUT2D eigenvalue weighted by atomic mass is 35.5. The number of hydrogen-bond donors (Lipinski definition) is 0. The zero-order chi connectivity index (χ0) is 14.8. The molecule has 0 aliphatic rings. The van der Waals surface area contributed by atoms with E-state index in [9.17, 15) is 13.2 Å². The Labute approximate surface area is 118 Å². The summed E-state index contributed by atoms with van der Waals surface area (Å²) in [5.74, 6) is -0.0752. The lowest BCUT2D eigenvalue weighted by atomic mass is 10.1. The molecule has 0 atom stereocenters. The molecule has 20 heavy (non-hydrogen) atoms. The first-order valence-corrected chi connectivity index (χ1v) is 5.74. The summed E-state index contributed by atoms with van der Waals surface area (Å²) < 4.78 is 43.2. The van der Waals surface area contributed by atoms with E-state index in [1.54, 1.807) is 6.07 Å². The third-order valence-electron chi connectivity index (χ3n) is 2.43. The summed E-state index contributed by atoms with van der Waals surface area (Å²) in [4.78, 5) is 0. The second-order valence-electron chi connectivity index (χ2n) is 3.78. The zero-order valence-corrected chi connectivity index (χ0v) is 10.6. The van der Waals surface area contributed by atoms with Gasteiger partial charge in [-0.15, -0.1) is 0 Å². The third kappa shape index (κ3) is 3.03. The first kappa shape index (κ1) is 14.2. The molecule has 0 aromatic heterocycles. The number of alkyl halides is 3. The maximum Gasteiger partial charge on any atom is 0.416 e. The first-order valence-electron chi connectivity index (χ1n) is 5.36. The number of ether oxygens (including phenoxy) is 1. The molecule has 0 N–H and O–H groups in total. The minimum Gasteiger partial charge on any atom is -0.454 e. The van der Waals surface area contributed by atoms with Crippen LogP contribution in [0.4, 0.5) is 13.2 Å². The lowest BCUT2D eigenvalue weighted by Crippen LogP contribution is -2.05. The van der Waals surface area contributed by atoms with Crippen LogP contribution in [0.2, 0.25) is 5.02 Å². The molecule has 0 saturated heterocycles. The number of benzene rings is 2. The Bertz CT molecular complexity index is 677. The number of halogens is 4. The number of hydrogen-bond acceptors (Lipinski definition) is 2. The molecular formula is C14H6ClF3NO. The Hall–Kier alpha value is -2.19. The minimum absolute atomic E-state index is 0.0158. The molecule has 2 aromatic carbocycles. The molecule has 6 heteroatoms. The smallest absolute Gasteiger partial charge is 0.416 e. The van der Waals surface area contributed by atoms with E-state index in [1.807, 2.05) is 0 Å². The Morgan fingerprint density at radius 2 is 1.95 bits per heavy atom. The highest BCUT2D eigenvalue weighted by molar-refractivity contribution is 6.32. The van der Waals surface area contributed by atoms with Crippen LogP contribution in [-0.2, 0) is 6.18 Å². The zero-order valence-electron chi connectivity index (χ0n) is 9.83. The van der Waals surface area contributed by atoms with Crippen molar-refractivity contribution in [3.63, 3.8) is 0 Å². The van der Waals surface area contributed by atoms with Gasteiger partial charge in [0.05, 0.1) is 16.1 Å². The van der Waals surface area contributed by atoms with Crippen molar-refractivity contribution >= 4 is 11.6 Å². The summed E-state index contributed by atoms with van der Waals surface area (Å²) in [5.41, 5.74) is -0.916. The molecule has 0 fully saturated rings. The lowest BCUT2D eigenvalue weighted by Gasteiger charge is -2.12. The summed E-state index contributed by atoms with van der Waals surface area (Å²) in [7, 11) is 0. The fourth-order valence-electron chi connectivity index (χ4n) is 1.47. The predicted octanol–water partition coefficient (Wildman–Crippen LogP) is 4.82. The van der Waals surface area contributed by atoms with E-state index in [0.717, 1.165) is 18.2 Å². The molecular weight excluding hydrogens is 291 g/mol. The minimum atomic E-state index is -4.52. The van der Waals surface area contributed by atoms with Crippen molar-refractivity contribution in [3.05, 3.63) is 58.6 Å². The van der Waals surface area contributed by atoms with Crippen molar-refractivity contribution in [2.75, 3.05) is 0 Å². The van der Waals surface area contributed by atoms with Crippen LogP contribution in [0.1, 0.15) is 11.1 Å². The normalized spacial score (nSPS) is 10.9. The van der Waals surface area contributed by atoms with Crippen molar-refractivity contribution in [1.82, 2.24) is 0 Å². The van der Waals surface area contributed by atoms with E-state index in [4.69, 9.17) is 21.6 Å². The number of nitriles is 1. The van der Waals surface area contributed by atoms with Crippen LogP contribution in [0.25, 0.3) is 0 Å². The van der Waals surface area contributed by atoms with Gasteiger partial charge in [-0.25, -0.2) is 0 Å². The molecule has 0 bridgehead atoms. The van der Waals surface area contributed by atoms with Crippen LogP contribution in [0.15, 0.2) is 36.4 Å². The van der Waals surface area contributed by atoms with Crippen molar-refractivity contribution in [1.29, 1.82) is 5.26 Å². The fourth-order valence-corrected chi connectivity index (χ4v) is 1.62. The van der Waals surface area contributed by atoms with Gasteiger partial charge in [0.2, 0.25) is 0 Å².